The van der Waals surface area contributed by atoms with E-state index in [1.54, 1.807) is 57.7 Å². The Morgan fingerprint density at radius 3 is 2.86 bits per heavy atom. The molecule has 1 N–H and O–H groups in total. The first-order valence-electron chi connectivity index (χ1n) is 11.3. The summed E-state index contributed by atoms with van der Waals surface area (Å²) in [4.78, 5) is 25.9. The minimum absolute atomic E-state index is 0.118. The largest absolute Gasteiger partial charge is 0.450 e. The van der Waals surface area contributed by atoms with Gasteiger partial charge < -0.3 is 24.0 Å². The number of aliphatic hydroxyl groups is 1. The molecule has 1 unspecified atom stereocenters. The third-order valence-electron chi connectivity index (χ3n) is 5.29. The van der Waals surface area contributed by atoms with Crippen molar-refractivity contribution in [1.82, 2.24) is 19.4 Å². The van der Waals surface area contributed by atoms with Crippen molar-refractivity contribution in [3.05, 3.63) is 18.1 Å². The smallest absolute Gasteiger partial charge is 0.394 e. The van der Waals surface area contributed by atoms with Gasteiger partial charge in [-0.05, 0) is 13.2 Å². The van der Waals surface area contributed by atoms with Crippen molar-refractivity contribution in [2.75, 3.05) is 27.0 Å². The monoisotopic (exact) mass is 559 g/mol. The van der Waals surface area contributed by atoms with Crippen LogP contribution in [0.4, 0.5) is 19.0 Å². The predicted octanol–water partition coefficient (Wildman–Crippen LogP) is 3.94. The lowest BCUT2D eigenvalue weighted by Crippen LogP contribution is -2.29. The lowest BCUT2D eigenvalue weighted by atomic mass is 10.2. The summed E-state index contributed by atoms with van der Waals surface area (Å²) in [7, 11) is 6.72. The maximum Gasteiger partial charge on any atom is 0.450 e. The summed E-state index contributed by atoms with van der Waals surface area (Å²) in [6, 6.07) is 0. The average molecular weight is 560 g/mol. The number of hydrogen-bond donors (Lipinski definition) is 1. The highest BCUT2D eigenvalue weighted by atomic mass is 33.1. The number of aromatic nitrogens is 3. The van der Waals surface area contributed by atoms with Crippen LogP contribution in [0.25, 0.3) is 11.0 Å². The second kappa shape index (κ2) is 13.0. The quantitative estimate of drug-likeness (QED) is 0.152. The topological polar surface area (TPSA) is 102 Å². The Bertz CT molecular complexity index is 1180. The summed E-state index contributed by atoms with van der Waals surface area (Å²) < 4.78 is 51.5. The summed E-state index contributed by atoms with van der Waals surface area (Å²) in [5, 5.41) is 10.4. The van der Waals surface area contributed by atoms with Gasteiger partial charge in [-0.1, -0.05) is 33.4 Å². The van der Waals surface area contributed by atoms with Crippen molar-refractivity contribution in [3.63, 3.8) is 0 Å². The van der Waals surface area contributed by atoms with Crippen LogP contribution in [0.1, 0.15) is 38.0 Å². The molecule has 2 aromatic heterocycles. The summed E-state index contributed by atoms with van der Waals surface area (Å²) >= 11 is 0. The van der Waals surface area contributed by atoms with E-state index in [1.165, 1.54) is 6.33 Å². The van der Waals surface area contributed by atoms with Crippen LogP contribution in [0.15, 0.2) is 17.5 Å². The van der Waals surface area contributed by atoms with Crippen LogP contribution in [-0.2, 0) is 14.3 Å². The summed E-state index contributed by atoms with van der Waals surface area (Å²) in [5.74, 6) is 4.00. The Morgan fingerprint density at radius 2 is 2.22 bits per heavy atom. The molecular weight excluding hydrogens is 531 g/mol. The number of aliphatic hydroxyl groups excluding tert-OH is 1. The van der Waals surface area contributed by atoms with Crippen molar-refractivity contribution in [1.29, 1.82) is 0 Å². The van der Waals surface area contributed by atoms with E-state index in [9.17, 15) is 23.1 Å². The lowest BCUT2D eigenvalue weighted by Gasteiger charge is -2.20. The first-order valence-corrected chi connectivity index (χ1v) is 13.9. The molecule has 1 aliphatic rings. The second-order valence-electron chi connectivity index (χ2n) is 8.33. The van der Waals surface area contributed by atoms with E-state index in [0.29, 0.717) is 28.8 Å². The van der Waals surface area contributed by atoms with Gasteiger partial charge in [-0.25, -0.2) is 15.0 Å². The molecule has 0 amide bonds. The second-order valence-corrected chi connectivity index (χ2v) is 11.1. The van der Waals surface area contributed by atoms with Gasteiger partial charge in [0.15, 0.2) is 5.82 Å². The van der Waals surface area contributed by atoms with Crippen LogP contribution < -0.4 is 0 Å². The van der Waals surface area contributed by atoms with E-state index in [4.69, 9.17) is 9.47 Å². The number of aliphatic imine (C=N–C) groups is 1. The number of hydrogen-bond acceptors (Lipinski definition) is 9. The molecule has 0 radical (unpaired) electrons. The van der Waals surface area contributed by atoms with Crippen molar-refractivity contribution >= 4 is 50.6 Å². The maximum atomic E-state index is 12.5. The van der Waals surface area contributed by atoms with Gasteiger partial charge in [0.2, 0.25) is 5.78 Å². The van der Waals surface area contributed by atoms with E-state index < -0.39 is 30.7 Å². The van der Waals surface area contributed by atoms with Gasteiger partial charge in [-0.2, -0.15) is 13.2 Å². The lowest BCUT2D eigenvalue weighted by molar-refractivity contribution is -0.170. The van der Waals surface area contributed by atoms with Gasteiger partial charge in [-0.3, -0.25) is 4.79 Å². The molecule has 202 valence electrons. The molecule has 1 aliphatic heterocycles. The van der Waals surface area contributed by atoms with Crippen LogP contribution in [0.2, 0.25) is 0 Å². The molecule has 0 aromatic carbocycles. The van der Waals surface area contributed by atoms with Crippen LogP contribution in [-0.4, -0.2) is 87.4 Å². The number of nitrogens with zero attached hydrogens (tertiary/aromatic N) is 5. The SMILES string of the molecule is CSS[C@H](C)OC1C[C@H](n2cc(C#CCCC(=O)C(F)(F)F)c3c(N=CN(C)C)ncnc32)O[C@@H]1CO. The summed E-state index contributed by atoms with van der Waals surface area (Å²) in [6.45, 7) is 1.69. The van der Waals surface area contributed by atoms with Gasteiger partial charge in [0.25, 0.3) is 0 Å². The van der Waals surface area contributed by atoms with Crippen LogP contribution in [0, 0.1) is 11.8 Å². The maximum absolute atomic E-state index is 12.5. The highest BCUT2D eigenvalue weighted by Gasteiger charge is 2.39. The van der Waals surface area contributed by atoms with Crippen molar-refractivity contribution in [2.24, 2.45) is 4.99 Å². The number of Topliss-reactive ketones (excluding diaryl/α,β-unsaturated/α-hetero) is 1. The minimum Gasteiger partial charge on any atom is -0.394 e. The number of fused-ring (bicyclic) bond motifs is 1. The molecule has 3 rings (SSSR count). The van der Waals surface area contributed by atoms with Gasteiger partial charge in [-0.15, -0.1) is 0 Å². The van der Waals surface area contributed by atoms with E-state index >= 15 is 0 Å². The average Bonchev–Trinajstić information content (AvgIpc) is 3.41. The van der Waals surface area contributed by atoms with Crippen molar-refractivity contribution < 1.29 is 32.5 Å². The van der Waals surface area contributed by atoms with E-state index in [-0.39, 0.29) is 24.6 Å². The molecule has 0 saturated carbocycles. The summed E-state index contributed by atoms with van der Waals surface area (Å²) in [5.41, 5.74) is 0.777. The summed E-state index contributed by atoms with van der Waals surface area (Å²) in [6.07, 6.45) is -0.366. The van der Waals surface area contributed by atoms with Crippen molar-refractivity contribution in [3.8, 4) is 11.8 Å². The van der Waals surface area contributed by atoms with Gasteiger partial charge in [0, 0.05) is 39.6 Å². The third kappa shape index (κ3) is 7.61. The Hall–Kier alpha value is -2.31. The normalized spacial score (nSPS) is 20.8. The van der Waals surface area contributed by atoms with E-state index in [1.807, 2.05) is 13.2 Å². The van der Waals surface area contributed by atoms with Gasteiger partial charge in [0.05, 0.1) is 30.0 Å². The first kappa shape index (κ1) is 29.2. The molecule has 0 aliphatic carbocycles. The highest BCUT2D eigenvalue weighted by Crippen LogP contribution is 2.38. The number of carbonyl (C=O) groups excluding carboxylic acids is 1. The fourth-order valence-electron chi connectivity index (χ4n) is 3.71. The Morgan fingerprint density at radius 1 is 1.46 bits per heavy atom. The molecule has 4 atom stereocenters. The Balaban J connectivity index is 1.96. The van der Waals surface area contributed by atoms with E-state index in [0.717, 1.165) is 0 Å². The Kier molecular flexibility index (Phi) is 10.3. The number of ether oxygens (including phenoxy) is 2. The minimum atomic E-state index is -4.88. The molecule has 9 nitrogen and oxygen atoms in total. The molecule has 1 fully saturated rings. The standard InChI is InChI=1S/C23H28F3N5O4S2/c1-14(37-36-4)34-16-9-19(35-17(16)11-32)31-10-15(7-5-6-8-18(33)23(24,25)26)20-21(29-13-30(2)3)27-12-28-22(20)31/h10,12-14,16-17,19,32H,6,8-9,11H2,1-4H3/t14-,16?,17-,19-/m1/s1. The van der Waals surface area contributed by atoms with Gasteiger partial charge >= 0.3 is 6.18 Å². The van der Waals surface area contributed by atoms with Crippen LogP contribution >= 0.6 is 21.6 Å². The number of rotatable bonds is 10. The third-order valence-corrected chi connectivity index (χ3v) is 7.25. The van der Waals surface area contributed by atoms with Crippen molar-refractivity contribution in [2.45, 2.75) is 56.2 Å². The van der Waals surface area contributed by atoms with Crippen LogP contribution in [0.3, 0.4) is 0 Å². The number of alkyl halides is 3. The number of carbonyl (C=O) groups is 1. The molecular formula is C23H28F3N5O4S2. The number of halogens is 3. The van der Waals surface area contributed by atoms with Crippen LogP contribution in [0.5, 0.6) is 0 Å². The molecule has 0 spiro atoms. The first-order chi connectivity index (χ1) is 17.5. The van der Waals surface area contributed by atoms with Gasteiger partial charge in [0.1, 0.15) is 29.7 Å². The Labute approximate surface area is 220 Å². The predicted molar refractivity (Wildman–Crippen MR) is 138 cm³/mol. The molecule has 2 aromatic rings. The zero-order valence-electron chi connectivity index (χ0n) is 20.7. The molecule has 0 bridgehead atoms. The zero-order chi connectivity index (χ0) is 27.2. The molecule has 14 heteroatoms. The highest BCUT2D eigenvalue weighted by molar-refractivity contribution is 8.76. The number of ketones is 1. The molecule has 37 heavy (non-hydrogen) atoms. The fourth-order valence-corrected chi connectivity index (χ4v) is 5.12. The fraction of sp³-hybridized carbons (Fsp3) is 0.565. The molecule has 3 heterocycles. The zero-order valence-corrected chi connectivity index (χ0v) is 22.4. The molecule has 1 saturated heterocycles. The van der Waals surface area contributed by atoms with E-state index in [2.05, 4.69) is 26.8 Å².